The second-order valence-corrected chi connectivity index (χ2v) is 4.95. The Morgan fingerprint density at radius 1 is 1.09 bits per heavy atom. The number of benzene rings is 1. The van der Waals surface area contributed by atoms with Gasteiger partial charge in [-0.2, -0.15) is 8.78 Å². The molecule has 2 rings (SSSR count). The Bertz CT molecular complexity index is 756. The summed E-state index contributed by atoms with van der Waals surface area (Å²) < 4.78 is 35.9. The lowest BCUT2D eigenvalue weighted by atomic mass is 10.2. The topological polar surface area (TPSA) is 40.5 Å². The van der Waals surface area contributed by atoms with Gasteiger partial charge in [-0.3, -0.25) is 4.79 Å². The fourth-order valence-electron chi connectivity index (χ4n) is 2.25. The molecule has 0 spiro atoms. The first-order valence-electron chi connectivity index (χ1n) is 6.91. The molecule has 0 unspecified atom stereocenters. The molecule has 0 radical (unpaired) electrons. The molecule has 1 heterocycles. The molecule has 0 aliphatic carbocycles. The molecule has 4 nitrogen and oxygen atoms in total. The largest absolute Gasteiger partial charge is 0.493 e. The van der Waals surface area contributed by atoms with Gasteiger partial charge in [-0.25, -0.2) is 0 Å². The minimum atomic E-state index is -2.91. The standard InChI is InChI=1S/C17H17F2NO3/c1-11-8-14(21)9-12(2)20(11)7-6-13-4-5-15(23-17(18)19)16(10-13)22-3/h4-10,17H,1-3H3/b7-6+. The van der Waals surface area contributed by atoms with E-state index in [1.165, 1.54) is 25.3 Å². The van der Waals surface area contributed by atoms with E-state index in [1.807, 2.05) is 18.4 Å². The van der Waals surface area contributed by atoms with E-state index >= 15 is 0 Å². The molecule has 0 saturated carbocycles. The number of ether oxygens (including phenoxy) is 2. The van der Waals surface area contributed by atoms with Crippen molar-refractivity contribution in [2.75, 3.05) is 7.11 Å². The van der Waals surface area contributed by atoms with Gasteiger partial charge in [0.15, 0.2) is 16.9 Å². The van der Waals surface area contributed by atoms with Crippen LogP contribution in [0.1, 0.15) is 17.0 Å². The van der Waals surface area contributed by atoms with E-state index in [9.17, 15) is 13.6 Å². The maximum Gasteiger partial charge on any atom is 0.387 e. The predicted molar refractivity (Wildman–Crippen MR) is 85.0 cm³/mol. The highest BCUT2D eigenvalue weighted by molar-refractivity contribution is 5.64. The molecule has 0 aliphatic rings. The molecule has 0 amide bonds. The van der Waals surface area contributed by atoms with Gasteiger partial charge in [0.25, 0.3) is 0 Å². The van der Waals surface area contributed by atoms with E-state index < -0.39 is 6.61 Å². The maximum atomic E-state index is 12.3. The van der Waals surface area contributed by atoms with Crippen LogP contribution in [0.3, 0.4) is 0 Å². The first kappa shape index (κ1) is 16.7. The van der Waals surface area contributed by atoms with Crippen LogP contribution in [0, 0.1) is 13.8 Å². The summed E-state index contributed by atoms with van der Waals surface area (Å²) in [5.41, 5.74) is 2.31. The third-order valence-electron chi connectivity index (χ3n) is 3.28. The summed E-state index contributed by atoms with van der Waals surface area (Å²) in [6, 6.07) is 7.75. The molecule has 2 aromatic rings. The number of aryl methyl sites for hydroxylation is 2. The SMILES string of the molecule is COc1cc(/C=C/n2c(C)cc(=O)cc2C)ccc1OC(F)F. The number of rotatable bonds is 5. The Kier molecular flexibility index (Phi) is 5.16. The lowest BCUT2D eigenvalue weighted by Crippen LogP contribution is -2.08. The number of hydrogen-bond acceptors (Lipinski definition) is 3. The average molecular weight is 321 g/mol. The van der Waals surface area contributed by atoms with Crippen LogP contribution in [0.4, 0.5) is 8.78 Å². The van der Waals surface area contributed by atoms with Crippen molar-refractivity contribution in [3.05, 3.63) is 57.5 Å². The van der Waals surface area contributed by atoms with Crippen molar-refractivity contribution < 1.29 is 18.3 Å². The van der Waals surface area contributed by atoms with Gasteiger partial charge < -0.3 is 14.0 Å². The molecule has 1 aromatic carbocycles. The molecule has 6 heteroatoms. The third-order valence-corrected chi connectivity index (χ3v) is 3.28. The molecular weight excluding hydrogens is 304 g/mol. The van der Waals surface area contributed by atoms with E-state index in [0.29, 0.717) is 0 Å². The quantitative estimate of drug-likeness (QED) is 0.843. The maximum absolute atomic E-state index is 12.3. The zero-order valence-corrected chi connectivity index (χ0v) is 13.0. The lowest BCUT2D eigenvalue weighted by molar-refractivity contribution is -0.0512. The minimum absolute atomic E-state index is 0.0182. The Balaban J connectivity index is 2.32. The van der Waals surface area contributed by atoms with E-state index in [1.54, 1.807) is 24.4 Å². The molecule has 122 valence electrons. The van der Waals surface area contributed by atoms with Crippen molar-refractivity contribution in [3.8, 4) is 11.5 Å². The van der Waals surface area contributed by atoms with Crippen LogP contribution in [-0.4, -0.2) is 18.3 Å². The fraction of sp³-hybridized carbons (Fsp3) is 0.235. The zero-order valence-electron chi connectivity index (χ0n) is 13.0. The highest BCUT2D eigenvalue weighted by Gasteiger charge is 2.10. The molecule has 1 aromatic heterocycles. The second-order valence-electron chi connectivity index (χ2n) is 4.95. The number of aromatic nitrogens is 1. The number of alkyl halides is 2. The van der Waals surface area contributed by atoms with Crippen LogP contribution in [0.15, 0.2) is 35.1 Å². The summed E-state index contributed by atoms with van der Waals surface area (Å²) in [6.45, 7) is 0.759. The Hall–Kier alpha value is -2.63. The first-order valence-corrected chi connectivity index (χ1v) is 6.91. The molecule has 23 heavy (non-hydrogen) atoms. The van der Waals surface area contributed by atoms with E-state index in [-0.39, 0.29) is 16.9 Å². The first-order chi connectivity index (χ1) is 10.9. The summed E-state index contributed by atoms with van der Waals surface area (Å²) in [6.07, 6.45) is 3.59. The van der Waals surface area contributed by atoms with Crippen LogP contribution in [0.2, 0.25) is 0 Å². The van der Waals surface area contributed by atoms with E-state index in [2.05, 4.69) is 4.74 Å². The van der Waals surface area contributed by atoms with Crippen molar-refractivity contribution in [1.82, 2.24) is 4.57 Å². The fourth-order valence-corrected chi connectivity index (χ4v) is 2.25. The zero-order chi connectivity index (χ0) is 17.0. The van der Waals surface area contributed by atoms with E-state index in [4.69, 9.17) is 4.74 Å². The summed E-state index contributed by atoms with van der Waals surface area (Å²) in [5, 5.41) is 0. The Morgan fingerprint density at radius 2 is 1.74 bits per heavy atom. The Morgan fingerprint density at radius 3 is 2.30 bits per heavy atom. The second kappa shape index (κ2) is 7.09. The van der Waals surface area contributed by atoms with Gasteiger partial charge in [-0.05, 0) is 37.6 Å². The van der Waals surface area contributed by atoms with E-state index in [0.717, 1.165) is 17.0 Å². The minimum Gasteiger partial charge on any atom is -0.493 e. The van der Waals surface area contributed by atoms with Crippen molar-refractivity contribution in [1.29, 1.82) is 0 Å². The van der Waals surface area contributed by atoms with Gasteiger partial charge in [-0.15, -0.1) is 0 Å². The van der Waals surface area contributed by atoms with Gasteiger partial charge in [0, 0.05) is 29.7 Å². The molecule has 0 saturated heterocycles. The summed E-state index contributed by atoms with van der Waals surface area (Å²) in [7, 11) is 1.39. The molecular formula is C17H17F2NO3. The summed E-state index contributed by atoms with van der Waals surface area (Å²) >= 11 is 0. The van der Waals surface area contributed by atoms with Crippen LogP contribution in [-0.2, 0) is 0 Å². The number of methoxy groups -OCH3 is 1. The molecule has 0 N–H and O–H groups in total. The number of pyridine rings is 1. The lowest BCUT2D eigenvalue weighted by Gasteiger charge is -2.11. The van der Waals surface area contributed by atoms with Gasteiger partial charge >= 0.3 is 6.61 Å². The van der Waals surface area contributed by atoms with Crippen molar-refractivity contribution in [3.63, 3.8) is 0 Å². The Labute approximate surface area is 132 Å². The normalized spacial score (nSPS) is 11.2. The van der Waals surface area contributed by atoms with Crippen molar-refractivity contribution in [2.24, 2.45) is 0 Å². The highest BCUT2D eigenvalue weighted by atomic mass is 19.3. The molecule has 0 bridgehead atoms. The van der Waals surface area contributed by atoms with Crippen LogP contribution in [0.5, 0.6) is 11.5 Å². The third kappa shape index (κ3) is 4.18. The molecule has 0 fully saturated rings. The van der Waals surface area contributed by atoms with Gasteiger partial charge in [0.1, 0.15) is 0 Å². The summed E-state index contributed by atoms with van der Waals surface area (Å²) in [5.74, 6) is 0.205. The van der Waals surface area contributed by atoms with Gasteiger partial charge in [0.2, 0.25) is 0 Å². The summed E-state index contributed by atoms with van der Waals surface area (Å²) in [4.78, 5) is 11.4. The van der Waals surface area contributed by atoms with Gasteiger partial charge in [0.05, 0.1) is 7.11 Å². The average Bonchev–Trinajstić information content (AvgIpc) is 2.46. The predicted octanol–water partition coefficient (Wildman–Crippen LogP) is 3.70. The monoisotopic (exact) mass is 321 g/mol. The smallest absolute Gasteiger partial charge is 0.387 e. The molecule has 0 atom stereocenters. The van der Waals surface area contributed by atoms with Crippen LogP contribution in [0.25, 0.3) is 12.3 Å². The number of hydrogen-bond donors (Lipinski definition) is 0. The van der Waals surface area contributed by atoms with Crippen molar-refractivity contribution in [2.45, 2.75) is 20.5 Å². The molecule has 0 aliphatic heterocycles. The van der Waals surface area contributed by atoms with Crippen LogP contribution >= 0.6 is 0 Å². The number of halogens is 2. The van der Waals surface area contributed by atoms with Crippen molar-refractivity contribution >= 4 is 12.3 Å². The highest BCUT2D eigenvalue weighted by Crippen LogP contribution is 2.30. The van der Waals surface area contributed by atoms with Gasteiger partial charge in [-0.1, -0.05) is 6.07 Å². The number of nitrogens with zero attached hydrogens (tertiary/aromatic N) is 1. The van der Waals surface area contributed by atoms with Crippen LogP contribution < -0.4 is 14.9 Å².